The standard InChI is InChI=1S/C17H18F3N3O3S/c1-8-14(13-10(19)5-9(18)6-11(13)20)23-15(27-8)22-12(24)7-21-16(25)26-17(2,3)4/h5-6H,7H2,1-4H3,(H,21,25)(H,22,23,24). The van der Waals surface area contributed by atoms with Crippen molar-refractivity contribution in [1.82, 2.24) is 10.3 Å². The molecule has 2 rings (SSSR count). The molecular formula is C17H18F3N3O3S. The first-order chi connectivity index (χ1) is 12.5. The molecule has 0 bridgehead atoms. The number of thiazole rings is 1. The van der Waals surface area contributed by atoms with E-state index in [1.807, 2.05) is 0 Å². The Hall–Kier alpha value is -2.62. The highest BCUT2D eigenvalue weighted by atomic mass is 32.1. The molecule has 2 aromatic rings. The molecule has 0 unspecified atom stereocenters. The summed E-state index contributed by atoms with van der Waals surface area (Å²) in [5.41, 5.74) is -1.21. The molecule has 6 nitrogen and oxygen atoms in total. The predicted octanol–water partition coefficient (Wildman–Crippen LogP) is 4.00. The van der Waals surface area contributed by atoms with Gasteiger partial charge in [-0.05, 0) is 27.7 Å². The summed E-state index contributed by atoms with van der Waals surface area (Å²) in [5.74, 6) is -3.82. The lowest BCUT2D eigenvalue weighted by Gasteiger charge is -2.19. The summed E-state index contributed by atoms with van der Waals surface area (Å²) >= 11 is 0.989. The second kappa shape index (κ2) is 7.95. The first kappa shape index (κ1) is 20.7. The quantitative estimate of drug-likeness (QED) is 0.812. The van der Waals surface area contributed by atoms with E-state index in [1.165, 1.54) is 0 Å². The summed E-state index contributed by atoms with van der Waals surface area (Å²) in [4.78, 5) is 27.9. The van der Waals surface area contributed by atoms with Crippen molar-refractivity contribution in [2.45, 2.75) is 33.3 Å². The van der Waals surface area contributed by atoms with Gasteiger partial charge in [0.2, 0.25) is 5.91 Å². The Bertz CT molecular complexity index is 855. The zero-order chi connectivity index (χ0) is 20.4. The number of carbonyl (C=O) groups is 2. The average Bonchev–Trinajstić information content (AvgIpc) is 2.83. The minimum atomic E-state index is -1.09. The molecule has 0 radical (unpaired) electrons. The van der Waals surface area contributed by atoms with E-state index in [9.17, 15) is 22.8 Å². The van der Waals surface area contributed by atoms with Crippen LogP contribution in [0.3, 0.4) is 0 Å². The number of anilines is 1. The van der Waals surface area contributed by atoms with E-state index in [0.717, 1.165) is 11.3 Å². The highest BCUT2D eigenvalue weighted by Crippen LogP contribution is 2.34. The topological polar surface area (TPSA) is 80.3 Å². The molecule has 0 aliphatic carbocycles. The molecule has 0 aliphatic rings. The fourth-order valence-electron chi connectivity index (χ4n) is 2.08. The molecule has 0 fully saturated rings. The van der Waals surface area contributed by atoms with Gasteiger partial charge in [-0.25, -0.2) is 22.9 Å². The van der Waals surface area contributed by atoms with Crippen LogP contribution in [-0.4, -0.2) is 29.1 Å². The number of benzene rings is 1. The van der Waals surface area contributed by atoms with Gasteiger partial charge in [-0.1, -0.05) is 0 Å². The van der Waals surface area contributed by atoms with Gasteiger partial charge >= 0.3 is 6.09 Å². The predicted molar refractivity (Wildman–Crippen MR) is 95.0 cm³/mol. The number of alkyl carbamates (subject to hydrolysis) is 1. The molecule has 2 amide bonds. The fraction of sp³-hybridized carbons (Fsp3) is 0.353. The zero-order valence-corrected chi connectivity index (χ0v) is 15.9. The SMILES string of the molecule is Cc1sc(NC(=O)CNC(=O)OC(C)(C)C)nc1-c1c(F)cc(F)cc1F. The number of hydrogen-bond acceptors (Lipinski definition) is 5. The maximum atomic E-state index is 13.9. The Morgan fingerprint density at radius 1 is 1.19 bits per heavy atom. The van der Waals surface area contributed by atoms with Crippen LogP contribution in [0.4, 0.5) is 23.1 Å². The molecular weight excluding hydrogens is 383 g/mol. The van der Waals surface area contributed by atoms with Crippen molar-refractivity contribution >= 4 is 28.5 Å². The molecule has 0 aliphatic heterocycles. The Balaban J connectivity index is 2.07. The lowest BCUT2D eigenvalue weighted by Crippen LogP contribution is -2.37. The molecule has 1 aromatic carbocycles. The minimum absolute atomic E-state index is 0.0367. The van der Waals surface area contributed by atoms with Gasteiger partial charge in [0.15, 0.2) is 5.13 Å². The van der Waals surface area contributed by atoms with Crippen LogP contribution in [0.2, 0.25) is 0 Å². The van der Waals surface area contributed by atoms with Crippen molar-refractivity contribution < 1.29 is 27.5 Å². The van der Waals surface area contributed by atoms with E-state index in [2.05, 4.69) is 15.6 Å². The molecule has 0 saturated carbocycles. The lowest BCUT2D eigenvalue weighted by molar-refractivity contribution is -0.115. The minimum Gasteiger partial charge on any atom is -0.444 e. The number of halogens is 3. The third kappa shape index (κ3) is 5.68. The number of hydrogen-bond donors (Lipinski definition) is 2. The number of nitrogens with one attached hydrogen (secondary N) is 2. The number of amides is 2. The third-order valence-electron chi connectivity index (χ3n) is 3.08. The van der Waals surface area contributed by atoms with Gasteiger partial charge in [0.25, 0.3) is 0 Å². The molecule has 10 heteroatoms. The maximum absolute atomic E-state index is 13.9. The average molecular weight is 401 g/mol. The number of rotatable bonds is 4. The van der Waals surface area contributed by atoms with E-state index in [1.54, 1.807) is 27.7 Å². The van der Waals surface area contributed by atoms with Crippen LogP contribution >= 0.6 is 11.3 Å². The molecule has 1 aromatic heterocycles. The van der Waals surface area contributed by atoms with E-state index < -0.39 is 40.6 Å². The van der Waals surface area contributed by atoms with Gasteiger partial charge in [0.1, 0.15) is 29.6 Å². The first-order valence-electron chi connectivity index (χ1n) is 7.85. The number of ether oxygens (including phenoxy) is 1. The van der Waals surface area contributed by atoms with Crippen molar-refractivity contribution in [3.8, 4) is 11.3 Å². The van der Waals surface area contributed by atoms with Crippen molar-refractivity contribution in [2.24, 2.45) is 0 Å². The molecule has 27 heavy (non-hydrogen) atoms. The van der Waals surface area contributed by atoms with Crippen LogP contribution in [0, 0.1) is 24.4 Å². The van der Waals surface area contributed by atoms with Crippen LogP contribution in [0.5, 0.6) is 0 Å². The summed E-state index contributed by atoms with van der Waals surface area (Å²) in [6.07, 6.45) is -0.760. The maximum Gasteiger partial charge on any atom is 0.408 e. The molecule has 0 saturated heterocycles. The van der Waals surface area contributed by atoms with Gasteiger partial charge in [0.05, 0.1) is 11.3 Å². The zero-order valence-electron chi connectivity index (χ0n) is 15.1. The van der Waals surface area contributed by atoms with Crippen LogP contribution in [0.15, 0.2) is 12.1 Å². The second-order valence-corrected chi connectivity index (χ2v) is 7.78. The van der Waals surface area contributed by atoms with Gasteiger partial charge in [-0.3, -0.25) is 4.79 Å². The van der Waals surface area contributed by atoms with Gasteiger partial charge in [-0.15, -0.1) is 11.3 Å². The lowest BCUT2D eigenvalue weighted by atomic mass is 10.1. The molecule has 2 N–H and O–H groups in total. The van der Waals surface area contributed by atoms with Crippen LogP contribution < -0.4 is 10.6 Å². The number of aromatic nitrogens is 1. The third-order valence-corrected chi connectivity index (χ3v) is 3.97. The highest BCUT2D eigenvalue weighted by Gasteiger charge is 2.21. The fourth-order valence-corrected chi connectivity index (χ4v) is 2.92. The first-order valence-corrected chi connectivity index (χ1v) is 8.67. The monoisotopic (exact) mass is 401 g/mol. The summed E-state index contributed by atoms with van der Waals surface area (Å²) in [6, 6.07) is 1.11. The Morgan fingerprint density at radius 3 is 2.33 bits per heavy atom. The smallest absolute Gasteiger partial charge is 0.408 e. The summed E-state index contributed by atoms with van der Waals surface area (Å²) in [5, 5.41) is 4.78. The molecule has 146 valence electrons. The van der Waals surface area contributed by atoms with Gasteiger partial charge in [-0.2, -0.15) is 0 Å². The summed E-state index contributed by atoms with van der Waals surface area (Å²) in [6.45, 7) is 6.23. The van der Waals surface area contributed by atoms with Crippen molar-refractivity contribution in [3.63, 3.8) is 0 Å². The van der Waals surface area contributed by atoms with Crippen molar-refractivity contribution in [2.75, 3.05) is 11.9 Å². The summed E-state index contributed by atoms with van der Waals surface area (Å²) < 4.78 is 45.9. The van der Waals surface area contributed by atoms with Crippen LogP contribution in [-0.2, 0) is 9.53 Å². The van der Waals surface area contributed by atoms with Crippen LogP contribution in [0.25, 0.3) is 11.3 Å². The summed E-state index contributed by atoms with van der Waals surface area (Å²) in [7, 11) is 0. The van der Waals surface area contributed by atoms with E-state index in [-0.39, 0.29) is 17.4 Å². The normalized spacial score (nSPS) is 11.2. The van der Waals surface area contributed by atoms with E-state index >= 15 is 0 Å². The van der Waals surface area contributed by atoms with E-state index in [0.29, 0.717) is 17.0 Å². The van der Waals surface area contributed by atoms with E-state index in [4.69, 9.17) is 4.74 Å². The second-order valence-electron chi connectivity index (χ2n) is 6.57. The Morgan fingerprint density at radius 2 is 1.78 bits per heavy atom. The number of carbonyl (C=O) groups excluding carboxylic acids is 2. The van der Waals surface area contributed by atoms with Gasteiger partial charge in [0, 0.05) is 17.0 Å². The largest absolute Gasteiger partial charge is 0.444 e. The highest BCUT2D eigenvalue weighted by molar-refractivity contribution is 7.16. The Kier molecular flexibility index (Phi) is 6.09. The van der Waals surface area contributed by atoms with Crippen LogP contribution in [0.1, 0.15) is 25.6 Å². The van der Waals surface area contributed by atoms with Gasteiger partial charge < -0.3 is 15.4 Å². The molecule has 1 heterocycles. The molecule has 0 atom stereocenters. The van der Waals surface area contributed by atoms with Crippen molar-refractivity contribution in [3.05, 3.63) is 34.5 Å². The molecule has 0 spiro atoms. The van der Waals surface area contributed by atoms with Crippen molar-refractivity contribution in [1.29, 1.82) is 0 Å². The number of nitrogens with zero attached hydrogens (tertiary/aromatic N) is 1. The number of aryl methyl sites for hydroxylation is 1. The Labute approximate surface area is 157 Å².